The monoisotopic (exact) mass is 463 g/mol. The van der Waals surface area contributed by atoms with Crippen LogP contribution in [-0.4, -0.2) is 58.5 Å². The van der Waals surface area contributed by atoms with E-state index in [0.29, 0.717) is 30.1 Å². The third kappa shape index (κ3) is 5.24. The summed E-state index contributed by atoms with van der Waals surface area (Å²) in [4.78, 5) is 43.1. The molecule has 3 amide bonds. The summed E-state index contributed by atoms with van der Waals surface area (Å²) >= 11 is 0. The highest BCUT2D eigenvalue weighted by atomic mass is 16.2. The Bertz CT molecular complexity index is 1070. The van der Waals surface area contributed by atoms with Crippen molar-refractivity contribution in [2.45, 2.75) is 50.1 Å². The summed E-state index contributed by atoms with van der Waals surface area (Å²) in [6, 6.07) is 11.6. The highest BCUT2D eigenvalue weighted by Crippen LogP contribution is 2.34. The van der Waals surface area contributed by atoms with Crippen molar-refractivity contribution in [1.29, 1.82) is 0 Å². The van der Waals surface area contributed by atoms with Crippen LogP contribution >= 0.6 is 0 Å². The molecule has 0 spiro atoms. The molecule has 6 N–H and O–H groups in total. The van der Waals surface area contributed by atoms with Gasteiger partial charge in [0.1, 0.15) is 6.04 Å². The van der Waals surface area contributed by atoms with Crippen molar-refractivity contribution in [3.8, 4) is 0 Å². The number of likely N-dealkylation sites (tertiary alicyclic amines) is 1. The van der Waals surface area contributed by atoms with Crippen LogP contribution in [0.2, 0.25) is 0 Å². The number of primary amides is 1. The van der Waals surface area contributed by atoms with E-state index in [-0.39, 0.29) is 30.1 Å². The average Bonchev–Trinajstić information content (AvgIpc) is 3.53. The lowest BCUT2D eigenvalue weighted by Gasteiger charge is -2.26. The smallest absolute Gasteiger partial charge is 0.313 e. The molecular weight excluding hydrogens is 432 g/mol. The molecule has 1 saturated carbocycles. The summed E-state index contributed by atoms with van der Waals surface area (Å²) in [6.45, 7) is 0.485. The largest absolute Gasteiger partial charge is 0.374 e. The van der Waals surface area contributed by atoms with Crippen LogP contribution in [0, 0.1) is 0 Å². The third-order valence-corrected chi connectivity index (χ3v) is 6.73. The summed E-state index contributed by atoms with van der Waals surface area (Å²) in [7, 11) is 0. The van der Waals surface area contributed by atoms with Crippen LogP contribution in [0.3, 0.4) is 0 Å². The van der Waals surface area contributed by atoms with E-state index in [1.54, 1.807) is 11.0 Å². The van der Waals surface area contributed by atoms with Gasteiger partial charge >= 0.3 is 5.91 Å². The van der Waals surface area contributed by atoms with Crippen LogP contribution in [0.1, 0.15) is 49.1 Å². The van der Waals surface area contributed by atoms with Crippen LogP contribution in [-0.2, 0) is 14.4 Å². The fraction of sp³-hybridized carbons (Fsp3) is 0.400. The summed E-state index contributed by atoms with van der Waals surface area (Å²) in [5.41, 5.74) is 7.31. The van der Waals surface area contributed by atoms with Gasteiger partial charge in [-0.1, -0.05) is 30.3 Å². The molecule has 34 heavy (non-hydrogen) atoms. The number of carbonyl (C=O) groups is 3. The molecule has 2 fully saturated rings. The molecule has 1 aliphatic heterocycles. The third-order valence-electron chi connectivity index (χ3n) is 6.73. The highest BCUT2D eigenvalue weighted by molar-refractivity contribution is 6.43. The quantitative estimate of drug-likeness (QED) is 0.407. The van der Waals surface area contributed by atoms with Gasteiger partial charge in [0.15, 0.2) is 0 Å². The van der Waals surface area contributed by atoms with Crippen molar-refractivity contribution >= 4 is 29.1 Å². The Labute approximate surface area is 198 Å². The van der Waals surface area contributed by atoms with E-state index in [1.165, 1.54) is 18.0 Å². The fourth-order valence-corrected chi connectivity index (χ4v) is 4.95. The van der Waals surface area contributed by atoms with Gasteiger partial charge in [-0.2, -0.15) is 0 Å². The molecule has 1 aromatic heterocycles. The predicted molar refractivity (Wildman–Crippen MR) is 128 cm³/mol. The minimum Gasteiger partial charge on any atom is -0.374 e. The molecule has 1 unspecified atom stereocenters. The van der Waals surface area contributed by atoms with Crippen LogP contribution in [0.15, 0.2) is 48.8 Å². The summed E-state index contributed by atoms with van der Waals surface area (Å²) in [5.74, 6) is -0.578. The lowest BCUT2D eigenvalue weighted by atomic mass is 9.97. The average molecular weight is 464 g/mol. The van der Waals surface area contributed by atoms with Gasteiger partial charge in [-0.3, -0.25) is 19.4 Å². The number of hydrogen-bond acceptors (Lipinski definition) is 5. The minimum atomic E-state index is -0.752. The molecule has 1 aromatic carbocycles. The molecule has 0 radical (unpaired) electrons. The first kappa shape index (κ1) is 23.4. The van der Waals surface area contributed by atoms with E-state index in [9.17, 15) is 14.4 Å². The SMILES string of the molecule is NC(=O)C(=[NH2+])c1ccncc1NCC(=O)N1CCC[C@H]1C(=O)NC1CC[C@H](c2ccccc2)C1. The Balaban J connectivity index is 1.33. The van der Waals surface area contributed by atoms with Gasteiger partial charge in [0.25, 0.3) is 5.71 Å². The summed E-state index contributed by atoms with van der Waals surface area (Å²) < 4.78 is 0. The molecule has 0 bridgehead atoms. The van der Waals surface area contributed by atoms with Gasteiger partial charge in [0.2, 0.25) is 11.8 Å². The van der Waals surface area contributed by atoms with E-state index in [1.807, 2.05) is 18.2 Å². The molecule has 2 aliphatic rings. The molecule has 178 valence electrons. The zero-order valence-electron chi connectivity index (χ0n) is 19.1. The molecule has 1 aliphatic carbocycles. The molecule has 2 heterocycles. The van der Waals surface area contributed by atoms with Crippen molar-refractivity contribution in [2.24, 2.45) is 5.73 Å². The molecule has 1 saturated heterocycles. The van der Waals surface area contributed by atoms with Crippen molar-refractivity contribution in [2.75, 3.05) is 18.4 Å². The van der Waals surface area contributed by atoms with Crippen LogP contribution in [0.25, 0.3) is 0 Å². The first-order valence-corrected chi connectivity index (χ1v) is 11.7. The number of nitrogens with two attached hydrogens (primary N) is 2. The van der Waals surface area contributed by atoms with E-state index < -0.39 is 11.9 Å². The van der Waals surface area contributed by atoms with Crippen LogP contribution in [0.4, 0.5) is 5.69 Å². The number of nitrogens with zero attached hydrogens (tertiary/aromatic N) is 2. The van der Waals surface area contributed by atoms with Crippen molar-refractivity contribution in [1.82, 2.24) is 15.2 Å². The maximum absolute atomic E-state index is 13.0. The molecule has 9 nitrogen and oxygen atoms in total. The number of aromatic nitrogens is 1. The van der Waals surface area contributed by atoms with Gasteiger partial charge in [0.05, 0.1) is 24.0 Å². The van der Waals surface area contributed by atoms with Gasteiger partial charge in [-0.05, 0) is 49.7 Å². The Morgan fingerprint density at radius 2 is 1.91 bits per heavy atom. The molecule has 2 aromatic rings. The zero-order valence-corrected chi connectivity index (χ0v) is 19.1. The Hall–Kier alpha value is -3.75. The number of rotatable bonds is 8. The van der Waals surface area contributed by atoms with Crippen molar-refractivity contribution < 1.29 is 19.8 Å². The first-order valence-electron chi connectivity index (χ1n) is 11.7. The second-order valence-electron chi connectivity index (χ2n) is 8.92. The van der Waals surface area contributed by atoms with Gasteiger partial charge in [-0.15, -0.1) is 0 Å². The number of nitrogens with one attached hydrogen (secondary N) is 2. The maximum Gasteiger partial charge on any atom is 0.313 e. The number of pyridine rings is 1. The molecule has 4 rings (SSSR count). The van der Waals surface area contributed by atoms with E-state index in [2.05, 4.69) is 27.8 Å². The Morgan fingerprint density at radius 3 is 2.68 bits per heavy atom. The number of carbonyl (C=O) groups excluding carboxylic acids is 3. The highest BCUT2D eigenvalue weighted by Gasteiger charge is 2.36. The predicted octanol–water partition coefficient (Wildman–Crippen LogP) is -0.0295. The Kier molecular flexibility index (Phi) is 7.20. The van der Waals surface area contributed by atoms with Gasteiger partial charge in [-0.25, -0.2) is 5.41 Å². The minimum absolute atomic E-state index is 0.0476. The standard InChI is InChI=1S/C25H30N6O3/c26-23(24(27)33)19-10-11-28-14-20(19)29-15-22(32)31-12-4-7-21(31)25(34)30-18-9-8-17(13-18)16-5-2-1-3-6-16/h1-3,5-6,10-11,14,17-18,21,26,29H,4,7-9,12-13,15H2,(H2,27,33)(H,30,34)/p+1/t17-,18?,21-/m0/s1. The molecule has 3 atom stereocenters. The van der Waals surface area contributed by atoms with Gasteiger partial charge in [0, 0.05) is 18.8 Å². The Morgan fingerprint density at radius 1 is 1.12 bits per heavy atom. The molecular formula is C25H31N6O3+. The molecule has 9 heteroatoms. The number of anilines is 1. The fourth-order valence-electron chi connectivity index (χ4n) is 4.95. The van der Waals surface area contributed by atoms with Gasteiger partial charge < -0.3 is 21.3 Å². The lowest BCUT2D eigenvalue weighted by molar-refractivity contribution is -0.137. The topological polar surface area (TPSA) is 143 Å². The van der Waals surface area contributed by atoms with E-state index >= 15 is 0 Å². The van der Waals surface area contributed by atoms with E-state index in [4.69, 9.17) is 11.1 Å². The van der Waals surface area contributed by atoms with E-state index in [0.717, 1.165) is 25.7 Å². The summed E-state index contributed by atoms with van der Waals surface area (Å²) in [6.07, 6.45) is 7.30. The number of hydrogen-bond donors (Lipinski definition) is 4. The van der Waals surface area contributed by atoms with Crippen molar-refractivity contribution in [3.63, 3.8) is 0 Å². The maximum atomic E-state index is 13.0. The van der Waals surface area contributed by atoms with Crippen LogP contribution in [0.5, 0.6) is 0 Å². The second-order valence-corrected chi connectivity index (χ2v) is 8.92. The lowest BCUT2D eigenvalue weighted by Crippen LogP contribution is -2.50. The summed E-state index contributed by atoms with van der Waals surface area (Å²) in [5, 5.41) is 11.9. The number of benzene rings is 1. The number of amides is 3. The van der Waals surface area contributed by atoms with Crippen LogP contribution < -0.4 is 21.8 Å². The normalized spacial score (nSPS) is 21.8. The zero-order chi connectivity index (χ0) is 24.1. The second kappa shape index (κ2) is 10.5. The first-order chi connectivity index (χ1) is 16.4. The van der Waals surface area contributed by atoms with Crippen molar-refractivity contribution in [3.05, 3.63) is 59.9 Å².